The zero-order valence-electron chi connectivity index (χ0n) is 15.1. The minimum Gasteiger partial charge on any atom is -0.491 e. The molecule has 0 aliphatic carbocycles. The second-order valence-corrected chi connectivity index (χ2v) is 5.90. The lowest BCUT2D eigenvalue weighted by molar-refractivity contribution is -0.384. The van der Waals surface area contributed by atoms with Gasteiger partial charge in [0, 0.05) is 37.1 Å². The molecule has 0 saturated heterocycles. The summed E-state index contributed by atoms with van der Waals surface area (Å²) >= 11 is 5.13. The van der Waals surface area contributed by atoms with Gasteiger partial charge in [0.2, 0.25) is 5.91 Å². The maximum Gasteiger partial charge on any atom is 0.269 e. The van der Waals surface area contributed by atoms with Crippen molar-refractivity contribution in [2.45, 2.75) is 0 Å². The Morgan fingerprint density at radius 3 is 2.64 bits per heavy atom. The summed E-state index contributed by atoms with van der Waals surface area (Å²) in [6, 6.07) is 13.0. The SMILES string of the molecule is COCCOc1cccc(NC(=S)NC(=O)/C=C/c2ccc([N+](=O)[O-])cc2)c1. The van der Waals surface area contributed by atoms with Crippen molar-refractivity contribution in [1.29, 1.82) is 0 Å². The number of thiocarbonyl (C=S) groups is 1. The molecule has 8 nitrogen and oxygen atoms in total. The molecule has 0 bridgehead atoms. The van der Waals surface area contributed by atoms with Crippen LogP contribution in [0.2, 0.25) is 0 Å². The molecule has 0 heterocycles. The molecule has 0 spiro atoms. The van der Waals surface area contributed by atoms with E-state index in [1.807, 2.05) is 0 Å². The molecule has 28 heavy (non-hydrogen) atoms. The molecule has 2 rings (SSSR count). The van der Waals surface area contributed by atoms with Gasteiger partial charge < -0.3 is 14.8 Å². The van der Waals surface area contributed by atoms with Gasteiger partial charge in [-0.25, -0.2) is 0 Å². The third-order valence-electron chi connectivity index (χ3n) is 3.42. The Bertz CT molecular complexity index is 868. The summed E-state index contributed by atoms with van der Waals surface area (Å²) in [6.45, 7) is 0.905. The number of benzene rings is 2. The molecular formula is C19H19N3O5S. The van der Waals surface area contributed by atoms with Gasteiger partial charge in [-0.3, -0.25) is 20.2 Å². The van der Waals surface area contributed by atoms with Gasteiger partial charge in [-0.2, -0.15) is 0 Å². The first-order valence-corrected chi connectivity index (χ1v) is 8.65. The Morgan fingerprint density at radius 2 is 1.96 bits per heavy atom. The van der Waals surface area contributed by atoms with Crippen LogP contribution in [0.5, 0.6) is 5.75 Å². The van der Waals surface area contributed by atoms with E-state index in [0.717, 1.165) is 0 Å². The van der Waals surface area contributed by atoms with Crippen molar-refractivity contribution < 1.29 is 19.2 Å². The van der Waals surface area contributed by atoms with Crippen molar-refractivity contribution in [3.8, 4) is 5.75 Å². The molecule has 2 aromatic rings. The molecule has 1 amide bonds. The van der Waals surface area contributed by atoms with Gasteiger partial charge in [-0.05, 0) is 48.1 Å². The summed E-state index contributed by atoms with van der Waals surface area (Å²) in [5, 5.41) is 16.2. The number of amides is 1. The van der Waals surface area contributed by atoms with Crippen LogP contribution in [0.1, 0.15) is 5.56 Å². The molecular weight excluding hydrogens is 382 g/mol. The first kappa shape index (κ1) is 21.0. The average molecular weight is 401 g/mol. The number of non-ortho nitro benzene ring substituents is 1. The molecule has 0 radical (unpaired) electrons. The van der Waals surface area contributed by atoms with Crippen LogP contribution in [-0.2, 0) is 9.53 Å². The summed E-state index contributed by atoms with van der Waals surface area (Å²) in [5.74, 6) is 0.220. The number of methoxy groups -OCH3 is 1. The van der Waals surface area contributed by atoms with Crippen molar-refractivity contribution in [2.24, 2.45) is 0 Å². The maximum atomic E-state index is 12.0. The molecule has 0 aliphatic rings. The highest BCUT2D eigenvalue weighted by Crippen LogP contribution is 2.17. The number of nitrogens with zero attached hydrogens (tertiary/aromatic N) is 1. The standard InChI is InChI=1S/C19H19N3O5S/c1-26-11-12-27-17-4-2-3-15(13-17)20-19(28)21-18(23)10-7-14-5-8-16(9-6-14)22(24)25/h2-10,13H,11-12H2,1H3,(H2,20,21,23,28)/b10-7+. The summed E-state index contributed by atoms with van der Waals surface area (Å²) in [7, 11) is 1.60. The maximum absolute atomic E-state index is 12.0. The van der Waals surface area contributed by atoms with E-state index >= 15 is 0 Å². The van der Waals surface area contributed by atoms with E-state index in [9.17, 15) is 14.9 Å². The molecule has 0 aliphatic heterocycles. The number of nitrogens with one attached hydrogen (secondary N) is 2. The van der Waals surface area contributed by atoms with Crippen LogP contribution in [-0.4, -0.2) is 36.3 Å². The molecule has 9 heteroatoms. The molecule has 0 unspecified atom stereocenters. The van der Waals surface area contributed by atoms with Gasteiger partial charge in [-0.15, -0.1) is 0 Å². The first-order chi connectivity index (χ1) is 13.5. The van der Waals surface area contributed by atoms with E-state index < -0.39 is 10.8 Å². The lowest BCUT2D eigenvalue weighted by atomic mass is 10.2. The smallest absolute Gasteiger partial charge is 0.269 e. The Labute approximate surface area is 167 Å². The topological polar surface area (TPSA) is 103 Å². The number of carbonyl (C=O) groups is 1. The van der Waals surface area contributed by atoms with Crippen LogP contribution < -0.4 is 15.4 Å². The molecule has 0 atom stereocenters. The van der Waals surface area contributed by atoms with Crippen molar-refractivity contribution in [3.63, 3.8) is 0 Å². The van der Waals surface area contributed by atoms with E-state index in [1.165, 1.54) is 24.3 Å². The Morgan fingerprint density at radius 1 is 1.21 bits per heavy atom. The third kappa shape index (κ3) is 7.14. The number of ether oxygens (including phenoxy) is 2. The Kier molecular flexibility index (Phi) is 8.07. The summed E-state index contributed by atoms with van der Waals surface area (Å²) < 4.78 is 10.4. The summed E-state index contributed by atoms with van der Waals surface area (Å²) in [5.41, 5.74) is 1.31. The fourth-order valence-corrected chi connectivity index (χ4v) is 2.32. The van der Waals surface area contributed by atoms with Crippen LogP contribution in [0.4, 0.5) is 11.4 Å². The van der Waals surface area contributed by atoms with Gasteiger partial charge >= 0.3 is 0 Å². The third-order valence-corrected chi connectivity index (χ3v) is 3.62. The fraction of sp³-hybridized carbons (Fsp3) is 0.158. The normalized spacial score (nSPS) is 10.5. The van der Waals surface area contributed by atoms with E-state index in [4.69, 9.17) is 21.7 Å². The summed E-state index contributed by atoms with van der Waals surface area (Å²) in [6.07, 6.45) is 2.82. The Hall–Kier alpha value is -3.30. The van der Waals surface area contributed by atoms with E-state index in [2.05, 4.69) is 10.6 Å². The van der Waals surface area contributed by atoms with Crippen LogP contribution in [0.3, 0.4) is 0 Å². The Balaban J connectivity index is 1.86. The largest absolute Gasteiger partial charge is 0.491 e. The average Bonchev–Trinajstić information content (AvgIpc) is 2.67. The quantitative estimate of drug-likeness (QED) is 0.230. The highest BCUT2D eigenvalue weighted by molar-refractivity contribution is 7.80. The predicted molar refractivity (Wildman–Crippen MR) is 110 cm³/mol. The fourth-order valence-electron chi connectivity index (χ4n) is 2.10. The molecule has 2 N–H and O–H groups in total. The second kappa shape index (κ2) is 10.8. The van der Waals surface area contributed by atoms with Crippen LogP contribution in [0, 0.1) is 10.1 Å². The number of nitro groups is 1. The van der Waals surface area contributed by atoms with Crippen molar-refractivity contribution in [1.82, 2.24) is 5.32 Å². The highest BCUT2D eigenvalue weighted by atomic mass is 32.1. The first-order valence-electron chi connectivity index (χ1n) is 8.24. The monoisotopic (exact) mass is 401 g/mol. The van der Waals surface area contributed by atoms with Gasteiger partial charge in [0.15, 0.2) is 5.11 Å². The van der Waals surface area contributed by atoms with Gasteiger partial charge in [0.25, 0.3) is 5.69 Å². The number of hydrogen-bond acceptors (Lipinski definition) is 6. The van der Waals surface area contributed by atoms with E-state index in [0.29, 0.717) is 30.2 Å². The zero-order chi connectivity index (χ0) is 20.4. The van der Waals surface area contributed by atoms with Crippen molar-refractivity contribution >= 4 is 40.7 Å². The second-order valence-electron chi connectivity index (χ2n) is 5.49. The van der Waals surface area contributed by atoms with Crippen molar-refractivity contribution in [3.05, 3.63) is 70.3 Å². The number of rotatable bonds is 8. The summed E-state index contributed by atoms with van der Waals surface area (Å²) in [4.78, 5) is 22.1. The minimum absolute atomic E-state index is 0.0135. The van der Waals surface area contributed by atoms with E-state index in [1.54, 1.807) is 43.5 Å². The number of nitro benzene ring substituents is 1. The number of hydrogen-bond donors (Lipinski definition) is 2. The van der Waals surface area contributed by atoms with Gasteiger partial charge in [0.1, 0.15) is 12.4 Å². The molecule has 0 aromatic heterocycles. The minimum atomic E-state index is -0.484. The number of carbonyl (C=O) groups excluding carboxylic acids is 1. The molecule has 2 aromatic carbocycles. The van der Waals surface area contributed by atoms with Gasteiger partial charge in [-0.1, -0.05) is 6.07 Å². The number of anilines is 1. The zero-order valence-corrected chi connectivity index (χ0v) is 15.9. The van der Waals surface area contributed by atoms with Crippen LogP contribution >= 0.6 is 12.2 Å². The highest BCUT2D eigenvalue weighted by Gasteiger charge is 2.05. The van der Waals surface area contributed by atoms with Crippen molar-refractivity contribution in [2.75, 3.05) is 25.6 Å². The molecule has 0 fully saturated rings. The molecule has 0 saturated carbocycles. The lowest BCUT2D eigenvalue weighted by Crippen LogP contribution is -2.32. The van der Waals surface area contributed by atoms with Crippen LogP contribution in [0.25, 0.3) is 6.08 Å². The molecule has 146 valence electrons. The van der Waals surface area contributed by atoms with Gasteiger partial charge in [0.05, 0.1) is 11.5 Å². The van der Waals surface area contributed by atoms with E-state index in [-0.39, 0.29) is 10.8 Å². The lowest BCUT2D eigenvalue weighted by Gasteiger charge is -2.10. The predicted octanol–water partition coefficient (Wildman–Crippen LogP) is 3.15. The van der Waals surface area contributed by atoms with Crippen LogP contribution in [0.15, 0.2) is 54.6 Å².